The third-order valence-corrected chi connectivity index (χ3v) is 6.87. The number of unbranched alkanes of at least 4 members (excludes halogenated alkanes) is 11. The molecule has 2 unspecified atom stereocenters. The summed E-state index contributed by atoms with van der Waals surface area (Å²) in [6.45, 7) is 4.26. The Hall–Kier alpha value is -1.93. The molecule has 0 aromatic carbocycles. The van der Waals surface area contributed by atoms with Gasteiger partial charge in [0.25, 0.3) is 0 Å². The highest BCUT2D eigenvalue weighted by Crippen LogP contribution is 2.12. The lowest BCUT2D eigenvalue weighted by Crippen LogP contribution is -2.55. The molecule has 0 saturated heterocycles. The topological polar surface area (TPSA) is 102 Å². The number of rotatable bonds is 27. The number of quaternary nitrogens is 1. The smallest absolute Gasteiger partial charge is 0.306 e. The third kappa shape index (κ3) is 22.8. The molecule has 8 nitrogen and oxygen atoms in total. The number of carboxylic acids is 1. The predicted molar refractivity (Wildman–Crippen MR) is 157 cm³/mol. The molecule has 0 amide bonds. The van der Waals surface area contributed by atoms with E-state index < -0.39 is 18.1 Å². The van der Waals surface area contributed by atoms with Crippen LogP contribution in [0.5, 0.6) is 0 Å². The quantitative estimate of drug-likeness (QED) is 0.0556. The van der Waals surface area contributed by atoms with Crippen LogP contribution in [0.3, 0.4) is 0 Å². The fourth-order valence-electron chi connectivity index (χ4n) is 4.39. The Morgan fingerprint density at radius 3 is 1.85 bits per heavy atom. The first-order chi connectivity index (χ1) is 19.1. The highest BCUT2D eigenvalue weighted by molar-refractivity contribution is 5.70. The van der Waals surface area contributed by atoms with Crippen LogP contribution in [0.15, 0.2) is 12.2 Å². The fraction of sp³-hybridized carbons (Fsp3) is 0.844. The van der Waals surface area contributed by atoms with Crippen molar-refractivity contribution in [1.29, 1.82) is 0 Å². The van der Waals surface area contributed by atoms with Crippen LogP contribution in [0.1, 0.15) is 123 Å². The standard InChI is InChI=1S/C32H59NO7/c1-6-8-9-10-11-12-13-14-15-16-17-18-19-20-21-23-31(35)40-28(27-39-30(34)22-7-2)26-38-25-24-29(32(36)37)33(3,4)5/h14-15,28-29H,6-13,16-27H2,1-5H3/b15-14-. The molecule has 0 N–H and O–H groups in total. The van der Waals surface area contributed by atoms with Crippen molar-refractivity contribution in [3.63, 3.8) is 0 Å². The first kappa shape index (κ1) is 38.1. The van der Waals surface area contributed by atoms with Gasteiger partial charge in [0.05, 0.1) is 40.3 Å². The number of carbonyl (C=O) groups excluding carboxylic acids is 3. The minimum atomic E-state index is -1.13. The van der Waals surface area contributed by atoms with Crippen molar-refractivity contribution >= 4 is 17.9 Å². The molecule has 0 saturated carbocycles. The zero-order chi connectivity index (χ0) is 30.1. The van der Waals surface area contributed by atoms with Gasteiger partial charge in [-0.1, -0.05) is 77.4 Å². The molecular weight excluding hydrogens is 510 g/mol. The van der Waals surface area contributed by atoms with Crippen LogP contribution in [-0.4, -0.2) is 75.5 Å². The summed E-state index contributed by atoms with van der Waals surface area (Å²) in [6, 6.07) is -0.718. The largest absolute Gasteiger partial charge is 0.544 e. The molecule has 0 aliphatic heterocycles. The Kier molecular flexibility index (Phi) is 23.6. The Morgan fingerprint density at radius 1 is 0.725 bits per heavy atom. The molecule has 0 aromatic rings. The number of ether oxygens (including phenoxy) is 3. The number of hydrogen-bond donors (Lipinski definition) is 0. The zero-order valence-electron chi connectivity index (χ0n) is 26.3. The fourth-order valence-corrected chi connectivity index (χ4v) is 4.39. The molecule has 0 aliphatic carbocycles. The van der Waals surface area contributed by atoms with E-state index in [9.17, 15) is 19.5 Å². The molecule has 0 aromatic heterocycles. The molecule has 0 aliphatic rings. The zero-order valence-corrected chi connectivity index (χ0v) is 26.3. The first-order valence-corrected chi connectivity index (χ1v) is 15.7. The van der Waals surface area contributed by atoms with E-state index in [2.05, 4.69) is 19.1 Å². The number of esters is 2. The number of allylic oxidation sites excluding steroid dienone is 2. The lowest BCUT2D eigenvalue weighted by atomic mass is 10.1. The third-order valence-electron chi connectivity index (χ3n) is 6.87. The lowest BCUT2D eigenvalue weighted by Gasteiger charge is -2.34. The van der Waals surface area contributed by atoms with Crippen molar-refractivity contribution in [2.45, 2.75) is 135 Å². The van der Waals surface area contributed by atoms with Gasteiger partial charge in [0.15, 0.2) is 6.10 Å². The molecular formula is C32H59NO7. The number of hydrogen-bond acceptors (Lipinski definition) is 7. The van der Waals surface area contributed by atoms with Gasteiger partial charge in [0, 0.05) is 19.3 Å². The predicted octanol–water partition coefficient (Wildman–Crippen LogP) is 5.51. The second kappa shape index (κ2) is 24.8. The maximum absolute atomic E-state index is 12.4. The van der Waals surface area contributed by atoms with Crippen LogP contribution in [0.2, 0.25) is 0 Å². The summed E-state index contributed by atoms with van der Waals surface area (Å²) in [5, 5.41) is 11.4. The van der Waals surface area contributed by atoms with Crippen molar-refractivity contribution in [3.05, 3.63) is 12.2 Å². The summed E-state index contributed by atoms with van der Waals surface area (Å²) in [6.07, 6.45) is 20.9. The van der Waals surface area contributed by atoms with Gasteiger partial charge in [0.2, 0.25) is 0 Å². The summed E-state index contributed by atoms with van der Waals surface area (Å²) in [4.78, 5) is 35.6. The number of aliphatic carboxylic acids is 1. The molecule has 40 heavy (non-hydrogen) atoms. The molecule has 8 heteroatoms. The number of carboxylic acid groups (broad SMARTS) is 1. The highest BCUT2D eigenvalue weighted by atomic mass is 16.6. The van der Waals surface area contributed by atoms with Crippen LogP contribution in [0.4, 0.5) is 0 Å². The molecule has 0 heterocycles. The summed E-state index contributed by atoms with van der Waals surface area (Å²) in [5.41, 5.74) is 0. The number of likely N-dealkylation sites (N-methyl/N-ethyl adjacent to an activating group) is 1. The van der Waals surface area contributed by atoms with E-state index >= 15 is 0 Å². The van der Waals surface area contributed by atoms with Gasteiger partial charge in [-0.3, -0.25) is 9.59 Å². The van der Waals surface area contributed by atoms with Crippen LogP contribution >= 0.6 is 0 Å². The van der Waals surface area contributed by atoms with Gasteiger partial charge in [-0.05, 0) is 38.5 Å². The van der Waals surface area contributed by atoms with Crippen molar-refractivity contribution in [2.24, 2.45) is 0 Å². The second-order valence-corrected chi connectivity index (χ2v) is 11.7. The van der Waals surface area contributed by atoms with Crippen molar-refractivity contribution < 1.29 is 38.2 Å². The number of nitrogens with zero attached hydrogens (tertiary/aromatic N) is 1. The summed E-state index contributed by atoms with van der Waals surface area (Å²) in [5.74, 6) is -1.81. The van der Waals surface area contributed by atoms with E-state index in [1.807, 2.05) is 6.92 Å². The molecule has 0 radical (unpaired) electrons. The van der Waals surface area contributed by atoms with Crippen molar-refractivity contribution in [2.75, 3.05) is 41.0 Å². The van der Waals surface area contributed by atoms with E-state index in [1.165, 1.54) is 51.4 Å². The Bertz CT molecular complexity index is 687. The highest BCUT2D eigenvalue weighted by Gasteiger charge is 2.25. The summed E-state index contributed by atoms with van der Waals surface area (Å²) in [7, 11) is 5.36. The van der Waals surface area contributed by atoms with E-state index in [1.54, 1.807) is 21.1 Å². The molecule has 234 valence electrons. The van der Waals surface area contributed by atoms with E-state index in [0.717, 1.165) is 32.1 Å². The van der Waals surface area contributed by atoms with Crippen LogP contribution in [-0.2, 0) is 28.6 Å². The molecule has 0 spiro atoms. The van der Waals surface area contributed by atoms with E-state index in [-0.39, 0.29) is 42.7 Å². The minimum Gasteiger partial charge on any atom is -0.544 e. The van der Waals surface area contributed by atoms with Gasteiger partial charge >= 0.3 is 11.9 Å². The van der Waals surface area contributed by atoms with Gasteiger partial charge in [-0.2, -0.15) is 0 Å². The van der Waals surface area contributed by atoms with Crippen LogP contribution in [0, 0.1) is 0 Å². The van der Waals surface area contributed by atoms with E-state index in [0.29, 0.717) is 19.3 Å². The average Bonchev–Trinajstić information content (AvgIpc) is 2.88. The monoisotopic (exact) mass is 569 g/mol. The average molecular weight is 570 g/mol. The molecule has 0 fully saturated rings. The van der Waals surface area contributed by atoms with E-state index in [4.69, 9.17) is 14.2 Å². The molecule has 0 rings (SSSR count). The first-order valence-electron chi connectivity index (χ1n) is 15.7. The summed E-state index contributed by atoms with van der Waals surface area (Å²) >= 11 is 0. The van der Waals surface area contributed by atoms with Crippen molar-refractivity contribution in [1.82, 2.24) is 0 Å². The SMILES string of the molecule is CCCCCCCC/C=C\CCCCCCCC(=O)OC(COCCC(C(=O)[O-])[N+](C)(C)C)COC(=O)CCC. The minimum absolute atomic E-state index is 0.0361. The normalized spacial score (nSPS) is 13.3. The van der Waals surface area contributed by atoms with Gasteiger partial charge < -0.3 is 28.6 Å². The Morgan fingerprint density at radius 2 is 1.30 bits per heavy atom. The lowest BCUT2D eigenvalue weighted by molar-refractivity contribution is -0.889. The maximum atomic E-state index is 12.4. The Labute approximate surface area is 244 Å². The number of carbonyl (C=O) groups is 3. The van der Waals surface area contributed by atoms with Gasteiger partial charge in [-0.15, -0.1) is 0 Å². The second-order valence-electron chi connectivity index (χ2n) is 11.7. The van der Waals surface area contributed by atoms with Crippen LogP contribution < -0.4 is 5.11 Å². The van der Waals surface area contributed by atoms with Crippen molar-refractivity contribution in [3.8, 4) is 0 Å². The van der Waals surface area contributed by atoms with Gasteiger partial charge in [0.1, 0.15) is 12.6 Å². The summed E-state index contributed by atoms with van der Waals surface area (Å²) < 4.78 is 16.6. The maximum Gasteiger partial charge on any atom is 0.306 e. The molecule has 0 bridgehead atoms. The van der Waals surface area contributed by atoms with Crippen LogP contribution in [0.25, 0.3) is 0 Å². The molecule has 2 atom stereocenters. The van der Waals surface area contributed by atoms with Gasteiger partial charge in [-0.25, -0.2) is 0 Å². The Balaban J connectivity index is 4.19.